The highest BCUT2D eigenvalue weighted by Gasteiger charge is 2.27. The van der Waals surface area contributed by atoms with Gasteiger partial charge in [-0.2, -0.15) is 0 Å². The molecule has 20 heavy (non-hydrogen) atoms. The smallest absolute Gasteiger partial charge is 0.204 e. The number of thioether (sulfide) groups is 1. The lowest BCUT2D eigenvalue weighted by Gasteiger charge is -2.24. The maximum Gasteiger partial charge on any atom is 0.204 e. The van der Waals surface area contributed by atoms with Crippen molar-refractivity contribution < 1.29 is 9.53 Å². The molecule has 5 heteroatoms. The number of hydrogen-bond acceptors (Lipinski definition) is 3. The van der Waals surface area contributed by atoms with Crippen LogP contribution in [0.15, 0.2) is 47.4 Å². The molecule has 1 atom stereocenters. The van der Waals surface area contributed by atoms with Gasteiger partial charge in [0.05, 0.1) is 10.0 Å². The van der Waals surface area contributed by atoms with E-state index in [2.05, 4.69) is 0 Å². The van der Waals surface area contributed by atoms with Gasteiger partial charge in [-0.25, -0.2) is 0 Å². The van der Waals surface area contributed by atoms with Crippen molar-refractivity contribution >= 4 is 40.7 Å². The molecule has 0 fully saturated rings. The van der Waals surface area contributed by atoms with Crippen molar-refractivity contribution in [3.8, 4) is 5.75 Å². The van der Waals surface area contributed by atoms with Crippen LogP contribution < -0.4 is 4.74 Å². The number of benzene rings is 2. The van der Waals surface area contributed by atoms with E-state index in [1.165, 1.54) is 0 Å². The molecule has 2 aromatic rings. The van der Waals surface area contributed by atoms with Crippen molar-refractivity contribution in [1.29, 1.82) is 0 Å². The first-order valence-electron chi connectivity index (χ1n) is 6.03. The zero-order chi connectivity index (χ0) is 14.1. The van der Waals surface area contributed by atoms with E-state index in [-0.39, 0.29) is 5.78 Å². The van der Waals surface area contributed by atoms with Crippen molar-refractivity contribution in [2.75, 3.05) is 5.75 Å². The van der Waals surface area contributed by atoms with Gasteiger partial charge in [0.25, 0.3) is 0 Å². The monoisotopic (exact) mass is 324 g/mol. The normalized spacial score (nSPS) is 17.2. The van der Waals surface area contributed by atoms with E-state index in [0.29, 0.717) is 21.4 Å². The molecular formula is C15H10Cl2O2S. The molecule has 1 heterocycles. The van der Waals surface area contributed by atoms with E-state index in [1.807, 2.05) is 24.3 Å². The van der Waals surface area contributed by atoms with Crippen LogP contribution in [0.5, 0.6) is 5.75 Å². The Morgan fingerprint density at radius 2 is 1.95 bits per heavy atom. The van der Waals surface area contributed by atoms with Gasteiger partial charge in [0.1, 0.15) is 5.75 Å². The summed E-state index contributed by atoms with van der Waals surface area (Å²) < 4.78 is 5.77. The van der Waals surface area contributed by atoms with E-state index in [0.717, 1.165) is 10.6 Å². The fourth-order valence-corrected chi connectivity index (χ4v) is 3.27. The predicted molar refractivity (Wildman–Crippen MR) is 82.4 cm³/mol. The number of hydrogen-bond donors (Lipinski definition) is 0. The first kappa shape index (κ1) is 13.8. The van der Waals surface area contributed by atoms with Crippen LogP contribution in [0.25, 0.3) is 0 Å². The molecule has 0 radical (unpaired) electrons. The first-order chi connectivity index (χ1) is 9.65. The number of fused-ring (bicyclic) bond motifs is 1. The maximum absolute atomic E-state index is 12.4. The van der Waals surface area contributed by atoms with Gasteiger partial charge in [-0.15, -0.1) is 11.8 Å². The lowest BCUT2D eigenvalue weighted by atomic mass is 10.1. The molecule has 1 aliphatic heterocycles. The minimum absolute atomic E-state index is 0.0782. The topological polar surface area (TPSA) is 26.3 Å². The highest BCUT2D eigenvalue weighted by Crippen LogP contribution is 2.36. The number of carbonyl (C=O) groups is 1. The zero-order valence-corrected chi connectivity index (χ0v) is 12.6. The molecular weight excluding hydrogens is 315 g/mol. The van der Waals surface area contributed by atoms with E-state index < -0.39 is 6.10 Å². The summed E-state index contributed by atoms with van der Waals surface area (Å²) in [6, 6.07) is 12.6. The third-order valence-corrected chi connectivity index (χ3v) is 4.86. The van der Waals surface area contributed by atoms with Gasteiger partial charge in [-0.3, -0.25) is 4.79 Å². The number of Topliss-reactive ketones (excluding diaryl/α,β-unsaturated/α-hetero) is 1. The third kappa shape index (κ3) is 2.66. The van der Waals surface area contributed by atoms with Crippen LogP contribution in [-0.2, 0) is 0 Å². The van der Waals surface area contributed by atoms with Crippen LogP contribution in [0, 0.1) is 0 Å². The summed E-state index contributed by atoms with van der Waals surface area (Å²) >= 11 is 13.4. The van der Waals surface area contributed by atoms with Gasteiger partial charge in [0.2, 0.25) is 5.78 Å². The molecule has 2 aromatic carbocycles. The van der Waals surface area contributed by atoms with Crippen LogP contribution >= 0.6 is 35.0 Å². The molecule has 0 spiro atoms. The van der Waals surface area contributed by atoms with Crippen LogP contribution in [0.1, 0.15) is 10.4 Å². The van der Waals surface area contributed by atoms with Crippen LogP contribution in [0.4, 0.5) is 0 Å². The summed E-state index contributed by atoms with van der Waals surface area (Å²) in [6.07, 6.45) is -0.493. The van der Waals surface area contributed by atoms with Gasteiger partial charge < -0.3 is 4.74 Å². The molecule has 0 amide bonds. The van der Waals surface area contributed by atoms with Crippen molar-refractivity contribution in [2.45, 2.75) is 11.0 Å². The summed E-state index contributed by atoms with van der Waals surface area (Å²) in [5.41, 5.74) is 0.518. The van der Waals surface area contributed by atoms with Gasteiger partial charge in [0, 0.05) is 16.2 Å². The second-order valence-electron chi connectivity index (χ2n) is 4.36. The lowest BCUT2D eigenvalue weighted by Crippen LogP contribution is -2.32. The highest BCUT2D eigenvalue weighted by atomic mass is 35.5. The quantitative estimate of drug-likeness (QED) is 0.747. The molecule has 1 aliphatic rings. The Morgan fingerprint density at radius 1 is 1.15 bits per heavy atom. The second-order valence-corrected chi connectivity index (χ2v) is 6.23. The number of para-hydroxylation sites is 1. The molecule has 0 saturated heterocycles. The van der Waals surface area contributed by atoms with Gasteiger partial charge in [-0.1, -0.05) is 35.3 Å². The minimum Gasteiger partial charge on any atom is -0.480 e. The number of ketones is 1. The number of ether oxygens (including phenoxy) is 1. The largest absolute Gasteiger partial charge is 0.480 e. The van der Waals surface area contributed by atoms with Crippen molar-refractivity contribution in [3.05, 3.63) is 58.1 Å². The van der Waals surface area contributed by atoms with Crippen LogP contribution in [-0.4, -0.2) is 17.6 Å². The van der Waals surface area contributed by atoms with Gasteiger partial charge in [0.15, 0.2) is 6.10 Å². The minimum atomic E-state index is -0.493. The highest BCUT2D eigenvalue weighted by molar-refractivity contribution is 7.99. The van der Waals surface area contributed by atoms with Gasteiger partial charge in [-0.05, 0) is 30.3 Å². The van der Waals surface area contributed by atoms with Crippen molar-refractivity contribution in [3.63, 3.8) is 0 Å². The predicted octanol–water partition coefficient (Wildman–Crippen LogP) is 4.73. The molecule has 2 nitrogen and oxygen atoms in total. The molecule has 1 unspecified atom stereocenters. The molecule has 3 rings (SSSR count). The average molecular weight is 325 g/mol. The standard InChI is InChI=1S/C15H10Cl2O2S/c16-10-6-5-9(7-11(10)17)15(18)13-8-20-14-4-2-1-3-12(14)19-13/h1-7,13H,8H2. The fourth-order valence-electron chi connectivity index (χ4n) is 1.98. The summed E-state index contributed by atoms with van der Waals surface area (Å²) in [4.78, 5) is 13.5. The summed E-state index contributed by atoms with van der Waals surface area (Å²) in [6.45, 7) is 0. The van der Waals surface area contributed by atoms with Gasteiger partial charge >= 0.3 is 0 Å². The Morgan fingerprint density at radius 3 is 2.75 bits per heavy atom. The second kappa shape index (κ2) is 5.68. The number of rotatable bonds is 2. The van der Waals surface area contributed by atoms with Crippen molar-refractivity contribution in [2.24, 2.45) is 0 Å². The van der Waals surface area contributed by atoms with E-state index >= 15 is 0 Å². The zero-order valence-electron chi connectivity index (χ0n) is 10.3. The Bertz CT molecular complexity index is 673. The Hall–Kier alpha value is -1.16. The van der Waals surface area contributed by atoms with Crippen LogP contribution in [0.3, 0.4) is 0 Å². The van der Waals surface area contributed by atoms with E-state index in [9.17, 15) is 4.79 Å². The Balaban J connectivity index is 1.84. The SMILES string of the molecule is O=C(c1ccc(Cl)c(Cl)c1)C1CSc2ccccc2O1. The fraction of sp³-hybridized carbons (Fsp3) is 0.133. The maximum atomic E-state index is 12.4. The number of halogens is 2. The molecule has 0 N–H and O–H groups in total. The number of carbonyl (C=O) groups excluding carboxylic acids is 1. The average Bonchev–Trinajstić information content (AvgIpc) is 2.49. The molecule has 0 aliphatic carbocycles. The molecule has 0 bridgehead atoms. The summed E-state index contributed by atoms with van der Waals surface area (Å²) in [7, 11) is 0. The third-order valence-electron chi connectivity index (χ3n) is 3.01. The Labute approximate surface area is 131 Å². The summed E-state index contributed by atoms with van der Waals surface area (Å²) in [5, 5.41) is 0.814. The summed E-state index contributed by atoms with van der Waals surface area (Å²) in [5.74, 6) is 1.27. The van der Waals surface area contributed by atoms with E-state index in [1.54, 1.807) is 30.0 Å². The molecule has 0 aromatic heterocycles. The molecule has 0 saturated carbocycles. The molecule has 102 valence electrons. The van der Waals surface area contributed by atoms with Crippen LogP contribution in [0.2, 0.25) is 10.0 Å². The lowest BCUT2D eigenvalue weighted by molar-refractivity contribution is 0.0815. The first-order valence-corrected chi connectivity index (χ1v) is 7.77. The Kier molecular flexibility index (Phi) is 3.92. The van der Waals surface area contributed by atoms with Crippen molar-refractivity contribution in [1.82, 2.24) is 0 Å². The van der Waals surface area contributed by atoms with E-state index in [4.69, 9.17) is 27.9 Å².